The molecule has 5 N–H and O–H groups in total. The lowest BCUT2D eigenvalue weighted by Gasteiger charge is -2.32. The summed E-state index contributed by atoms with van der Waals surface area (Å²) in [6, 6.07) is -1.06. The van der Waals surface area contributed by atoms with E-state index in [0.717, 1.165) is 0 Å². The Hall–Kier alpha value is -1.63. The van der Waals surface area contributed by atoms with E-state index in [4.69, 9.17) is 16.6 Å². The lowest BCUT2D eigenvalue weighted by Crippen LogP contribution is -2.50. The Balaban J connectivity index is 2.57. The monoisotopic (exact) mass is 243 g/mol. The van der Waals surface area contributed by atoms with Crippen LogP contribution in [0.1, 0.15) is 19.3 Å². The van der Waals surface area contributed by atoms with Crippen LogP contribution < -0.4 is 11.5 Å². The SMILES string of the molecule is NC(=O)C1CCCN(C(=O)C(N)CC(=O)O)C1. The van der Waals surface area contributed by atoms with Crippen LogP contribution in [0.5, 0.6) is 0 Å². The molecule has 2 amide bonds. The molecule has 2 atom stereocenters. The van der Waals surface area contributed by atoms with E-state index >= 15 is 0 Å². The van der Waals surface area contributed by atoms with Gasteiger partial charge in [0, 0.05) is 13.1 Å². The summed E-state index contributed by atoms with van der Waals surface area (Å²) in [5.74, 6) is -2.34. The number of carbonyl (C=O) groups is 3. The second-order valence-electron chi connectivity index (χ2n) is 4.23. The van der Waals surface area contributed by atoms with Gasteiger partial charge in [-0.25, -0.2) is 0 Å². The average molecular weight is 243 g/mol. The molecule has 1 rings (SSSR count). The van der Waals surface area contributed by atoms with Gasteiger partial charge in [0.05, 0.1) is 18.4 Å². The first-order valence-corrected chi connectivity index (χ1v) is 5.47. The van der Waals surface area contributed by atoms with Gasteiger partial charge in [-0.15, -0.1) is 0 Å². The second-order valence-corrected chi connectivity index (χ2v) is 4.23. The molecule has 96 valence electrons. The molecule has 0 aromatic carbocycles. The molecular formula is C10H17N3O4. The molecule has 0 bridgehead atoms. The van der Waals surface area contributed by atoms with Crippen molar-refractivity contribution in [2.24, 2.45) is 17.4 Å². The minimum absolute atomic E-state index is 0.238. The van der Waals surface area contributed by atoms with Crippen molar-refractivity contribution in [3.63, 3.8) is 0 Å². The van der Waals surface area contributed by atoms with E-state index in [2.05, 4.69) is 0 Å². The summed E-state index contributed by atoms with van der Waals surface area (Å²) in [6.45, 7) is 0.734. The van der Waals surface area contributed by atoms with Crippen LogP contribution in [-0.4, -0.2) is 46.9 Å². The lowest BCUT2D eigenvalue weighted by molar-refractivity contribution is -0.143. The van der Waals surface area contributed by atoms with Gasteiger partial charge in [-0.3, -0.25) is 14.4 Å². The van der Waals surface area contributed by atoms with Crippen LogP contribution in [0, 0.1) is 5.92 Å². The molecule has 0 radical (unpaired) electrons. The van der Waals surface area contributed by atoms with Gasteiger partial charge >= 0.3 is 5.97 Å². The number of amides is 2. The van der Waals surface area contributed by atoms with Gasteiger partial charge in [-0.2, -0.15) is 0 Å². The molecule has 1 fully saturated rings. The van der Waals surface area contributed by atoms with Crippen molar-refractivity contribution in [1.82, 2.24) is 4.90 Å². The first kappa shape index (κ1) is 13.4. The molecule has 1 aliphatic rings. The Morgan fingerprint density at radius 1 is 1.41 bits per heavy atom. The molecule has 0 aliphatic carbocycles. The quantitative estimate of drug-likeness (QED) is 0.554. The van der Waals surface area contributed by atoms with Crippen LogP contribution in [0.25, 0.3) is 0 Å². The highest BCUT2D eigenvalue weighted by molar-refractivity contribution is 5.86. The fraction of sp³-hybridized carbons (Fsp3) is 0.700. The van der Waals surface area contributed by atoms with Crippen LogP contribution in [0.15, 0.2) is 0 Å². The van der Waals surface area contributed by atoms with Gasteiger partial charge in [0.25, 0.3) is 0 Å². The minimum Gasteiger partial charge on any atom is -0.481 e. The van der Waals surface area contributed by atoms with Gasteiger partial charge in [0.2, 0.25) is 11.8 Å². The van der Waals surface area contributed by atoms with E-state index in [-0.39, 0.29) is 12.5 Å². The number of nitrogens with two attached hydrogens (primary N) is 2. The van der Waals surface area contributed by atoms with E-state index in [9.17, 15) is 14.4 Å². The first-order chi connectivity index (χ1) is 7.91. The number of rotatable bonds is 4. The Kier molecular flexibility index (Phi) is 4.45. The van der Waals surface area contributed by atoms with Gasteiger partial charge in [-0.1, -0.05) is 0 Å². The van der Waals surface area contributed by atoms with Gasteiger partial charge in [0.1, 0.15) is 0 Å². The summed E-state index contributed by atoms with van der Waals surface area (Å²) in [6.07, 6.45) is 0.934. The summed E-state index contributed by atoms with van der Waals surface area (Å²) < 4.78 is 0. The van der Waals surface area contributed by atoms with E-state index in [0.29, 0.717) is 19.4 Å². The fourth-order valence-electron chi connectivity index (χ4n) is 1.92. The highest BCUT2D eigenvalue weighted by Gasteiger charge is 2.30. The van der Waals surface area contributed by atoms with Crippen molar-refractivity contribution in [1.29, 1.82) is 0 Å². The van der Waals surface area contributed by atoms with Crippen molar-refractivity contribution in [3.8, 4) is 0 Å². The molecule has 7 heteroatoms. The van der Waals surface area contributed by atoms with E-state index < -0.39 is 30.2 Å². The normalized spacial score (nSPS) is 21.9. The van der Waals surface area contributed by atoms with Crippen molar-refractivity contribution in [2.75, 3.05) is 13.1 Å². The first-order valence-electron chi connectivity index (χ1n) is 5.47. The lowest BCUT2D eigenvalue weighted by atomic mass is 9.97. The third-order valence-corrected chi connectivity index (χ3v) is 2.85. The van der Waals surface area contributed by atoms with Crippen LogP contribution in [0.2, 0.25) is 0 Å². The summed E-state index contributed by atoms with van der Waals surface area (Å²) in [7, 11) is 0. The highest BCUT2D eigenvalue weighted by atomic mass is 16.4. The van der Waals surface area contributed by atoms with E-state index in [1.807, 2.05) is 0 Å². The summed E-state index contributed by atoms with van der Waals surface area (Å²) in [4.78, 5) is 34.7. The number of carbonyl (C=O) groups excluding carboxylic acids is 2. The Bertz CT molecular complexity index is 332. The Morgan fingerprint density at radius 2 is 2.06 bits per heavy atom. The van der Waals surface area contributed by atoms with Crippen LogP contribution in [-0.2, 0) is 14.4 Å². The molecule has 7 nitrogen and oxygen atoms in total. The summed E-state index contributed by atoms with van der Waals surface area (Å²) in [5, 5.41) is 8.55. The standard InChI is InChI=1S/C10H17N3O4/c11-7(4-8(14)15)10(17)13-3-1-2-6(5-13)9(12)16/h6-7H,1-5,11H2,(H2,12,16)(H,14,15). The number of nitrogens with zero attached hydrogens (tertiary/aromatic N) is 1. The smallest absolute Gasteiger partial charge is 0.305 e. The predicted molar refractivity (Wildman–Crippen MR) is 58.7 cm³/mol. The maximum Gasteiger partial charge on any atom is 0.305 e. The van der Waals surface area contributed by atoms with Crippen molar-refractivity contribution < 1.29 is 19.5 Å². The average Bonchev–Trinajstić information content (AvgIpc) is 2.27. The maximum absolute atomic E-state index is 11.8. The van der Waals surface area contributed by atoms with Crippen LogP contribution >= 0.6 is 0 Å². The molecule has 0 aromatic heterocycles. The highest BCUT2D eigenvalue weighted by Crippen LogP contribution is 2.16. The number of carboxylic acid groups (broad SMARTS) is 1. The second kappa shape index (κ2) is 5.62. The summed E-state index contributed by atoms with van der Waals surface area (Å²) >= 11 is 0. The van der Waals surface area contributed by atoms with Crippen molar-refractivity contribution in [3.05, 3.63) is 0 Å². The molecule has 0 saturated carbocycles. The topological polar surface area (TPSA) is 127 Å². The molecule has 0 spiro atoms. The Morgan fingerprint density at radius 3 is 2.59 bits per heavy atom. The van der Waals surface area contributed by atoms with Gasteiger partial charge < -0.3 is 21.5 Å². The minimum atomic E-state index is -1.12. The molecule has 1 heterocycles. The zero-order valence-electron chi connectivity index (χ0n) is 9.46. The van der Waals surface area contributed by atoms with E-state index in [1.165, 1.54) is 4.90 Å². The zero-order chi connectivity index (χ0) is 13.0. The molecule has 0 aromatic rings. The largest absolute Gasteiger partial charge is 0.481 e. The molecule has 1 aliphatic heterocycles. The number of carboxylic acids is 1. The number of likely N-dealkylation sites (tertiary alicyclic amines) is 1. The number of primary amides is 1. The van der Waals surface area contributed by atoms with Gasteiger partial charge in [-0.05, 0) is 12.8 Å². The third-order valence-electron chi connectivity index (χ3n) is 2.85. The van der Waals surface area contributed by atoms with Gasteiger partial charge in [0.15, 0.2) is 0 Å². The van der Waals surface area contributed by atoms with Crippen LogP contribution in [0.4, 0.5) is 0 Å². The Labute approximate surface area is 98.7 Å². The van der Waals surface area contributed by atoms with Crippen molar-refractivity contribution >= 4 is 17.8 Å². The number of piperidine rings is 1. The molecular weight excluding hydrogens is 226 g/mol. The molecule has 1 saturated heterocycles. The molecule has 2 unspecified atom stereocenters. The fourth-order valence-corrected chi connectivity index (χ4v) is 1.92. The number of aliphatic carboxylic acids is 1. The number of hydrogen-bond acceptors (Lipinski definition) is 4. The predicted octanol–water partition coefficient (Wildman–Crippen LogP) is -1.49. The van der Waals surface area contributed by atoms with E-state index in [1.54, 1.807) is 0 Å². The summed E-state index contributed by atoms with van der Waals surface area (Å²) in [5.41, 5.74) is 10.7. The van der Waals surface area contributed by atoms with Crippen molar-refractivity contribution in [2.45, 2.75) is 25.3 Å². The third kappa shape index (κ3) is 3.70. The number of hydrogen-bond donors (Lipinski definition) is 3. The van der Waals surface area contributed by atoms with Crippen LogP contribution in [0.3, 0.4) is 0 Å². The molecule has 17 heavy (non-hydrogen) atoms. The maximum atomic E-state index is 11.8. The zero-order valence-corrected chi connectivity index (χ0v) is 9.46.